The Morgan fingerprint density at radius 3 is 2.62 bits per heavy atom. The van der Waals surface area contributed by atoms with Crippen molar-refractivity contribution in [3.05, 3.63) is 58.7 Å². The molecule has 1 aromatic rings. The summed E-state index contributed by atoms with van der Waals surface area (Å²) in [6.45, 7) is 6.15. The largest absolute Gasteiger partial charge is 0.385 e. The van der Waals surface area contributed by atoms with E-state index in [1.807, 2.05) is 37.0 Å². The van der Waals surface area contributed by atoms with Gasteiger partial charge in [0, 0.05) is 31.6 Å². The number of benzene rings is 1. The molecule has 3 rings (SSSR count). The smallest absolute Gasteiger partial charge is 0.263 e. The fourth-order valence-corrected chi connectivity index (χ4v) is 4.25. The summed E-state index contributed by atoms with van der Waals surface area (Å²) in [5, 5.41) is 7.34. The summed E-state index contributed by atoms with van der Waals surface area (Å²) in [4.78, 5) is 32.7. The van der Waals surface area contributed by atoms with E-state index in [1.54, 1.807) is 0 Å². The van der Waals surface area contributed by atoms with Gasteiger partial charge in [-0.2, -0.15) is 0 Å². The van der Waals surface area contributed by atoms with Crippen molar-refractivity contribution in [2.45, 2.75) is 58.8 Å². The van der Waals surface area contributed by atoms with E-state index in [0.29, 0.717) is 24.2 Å². The number of hydrogen-bond donors (Lipinski definition) is 1. The third kappa shape index (κ3) is 7.08. The van der Waals surface area contributed by atoms with Crippen molar-refractivity contribution >= 4 is 17.5 Å². The predicted molar refractivity (Wildman–Crippen MR) is 128 cm³/mol. The van der Waals surface area contributed by atoms with Gasteiger partial charge in [-0.15, -0.1) is 0 Å². The van der Waals surface area contributed by atoms with Gasteiger partial charge in [0.25, 0.3) is 11.8 Å². The van der Waals surface area contributed by atoms with Crippen molar-refractivity contribution in [3.8, 4) is 0 Å². The lowest BCUT2D eigenvalue weighted by Gasteiger charge is -2.26. The molecule has 0 unspecified atom stereocenters. The van der Waals surface area contributed by atoms with Crippen LogP contribution in [0.3, 0.4) is 0 Å². The van der Waals surface area contributed by atoms with Gasteiger partial charge in [0.2, 0.25) is 0 Å². The Kier molecular flexibility index (Phi) is 9.08. The fraction of sp³-hybridized carbons (Fsp3) is 0.500. The van der Waals surface area contributed by atoms with Gasteiger partial charge in [0.15, 0.2) is 6.61 Å². The Hall–Kier alpha value is -2.89. The quantitative estimate of drug-likeness (QED) is 0.567. The Labute approximate surface area is 191 Å². The molecule has 172 valence electrons. The number of oxime groups is 1. The minimum Gasteiger partial charge on any atom is -0.385 e. The Bertz CT molecular complexity index is 896. The zero-order valence-electron chi connectivity index (χ0n) is 19.4. The highest BCUT2D eigenvalue weighted by molar-refractivity contribution is 6.01. The third-order valence-electron chi connectivity index (χ3n) is 5.81. The number of carbonyl (C=O) groups excluding carboxylic acids is 2. The normalized spacial score (nSPS) is 21.2. The molecule has 1 fully saturated rings. The van der Waals surface area contributed by atoms with Gasteiger partial charge in [0.05, 0.1) is 5.71 Å². The number of likely N-dealkylation sites (tertiary alicyclic amines) is 1. The van der Waals surface area contributed by atoms with Crippen LogP contribution >= 0.6 is 0 Å². The van der Waals surface area contributed by atoms with Crippen LogP contribution in [0.4, 0.5) is 0 Å². The summed E-state index contributed by atoms with van der Waals surface area (Å²) < 4.78 is 0. The highest BCUT2D eigenvalue weighted by Crippen LogP contribution is 2.19. The van der Waals surface area contributed by atoms with Crippen LogP contribution < -0.4 is 5.32 Å². The SMILES string of the molecule is Cc1cc(C)c2c(c1)CC(=N/OCC(=O)N1CCCCC1)/C=C/CC/C=C/CCNC2=O. The number of nitrogens with zero attached hydrogens (tertiary/aromatic N) is 2. The minimum atomic E-state index is -0.0625. The molecule has 0 bridgehead atoms. The monoisotopic (exact) mass is 437 g/mol. The van der Waals surface area contributed by atoms with E-state index < -0.39 is 0 Å². The second kappa shape index (κ2) is 12.2. The van der Waals surface area contributed by atoms with Crippen LogP contribution in [0, 0.1) is 13.8 Å². The van der Waals surface area contributed by atoms with Gasteiger partial charge >= 0.3 is 0 Å². The first kappa shape index (κ1) is 23.8. The predicted octanol–water partition coefficient (Wildman–Crippen LogP) is 4.26. The van der Waals surface area contributed by atoms with Crippen molar-refractivity contribution < 1.29 is 14.4 Å². The van der Waals surface area contributed by atoms with Gasteiger partial charge in [-0.1, -0.05) is 41.1 Å². The summed E-state index contributed by atoms with van der Waals surface area (Å²) in [5.41, 5.74) is 4.37. The number of allylic oxidation sites excluding steroid dienone is 3. The molecule has 0 spiro atoms. The number of carbonyl (C=O) groups is 2. The van der Waals surface area contributed by atoms with Crippen LogP contribution in [0.15, 0.2) is 41.6 Å². The molecule has 2 aliphatic heterocycles. The van der Waals surface area contributed by atoms with Gasteiger partial charge in [-0.25, -0.2) is 0 Å². The molecule has 0 aliphatic carbocycles. The number of piperidine rings is 1. The molecule has 0 radical (unpaired) electrons. The highest BCUT2D eigenvalue weighted by Gasteiger charge is 2.18. The second-order valence-electron chi connectivity index (χ2n) is 8.59. The first-order chi connectivity index (χ1) is 15.5. The van der Waals surface area contributed by atoms with Crippen molar-refractivity contribution in [2.24, 2.45) is 5.16 Å². The van der Waals surface area contributed by atoms with Crippen LogP contribution in [-0.2, 0) is 16.1 Å². The standard InChI is InChI=1S/C26H35N3O3/c1-20-16-21(2)25-22(17-20)18-23(12-8-5-3-4-6-9-13-27-26(25)31)28-32-19-24(30)29-14-10-7-11-15-29/h4,6,8,12,16-17H,3,5,7,9-11,13-15,18-19H2,1-2H3,(H,27,31)/b6-4+,12-8+,28-23+. The lowest BCUT2D eigenvalue weighted by atomic mass is 9.94. The van der Waals surface area contributed by atoms with E-state index in [2.05, 4.69) is 28.7 Å². The molecule has 1 N–H and O–H groups in total. The first-order valence-corrected chi connectivity index (χ1v) is 11.7. The van der Waals surface area contributed by atoms with E-state index in [9.17, 15) is 9.59 Å². The molecule has 2 aliphatic rings. The van der Waals surface area contributed by atoms with Crippen molar-refractivity contribution in [2.75, 3.05) is 26.2 Å². The average molecular weight is 438 g/mol. The number of rotatable bonds is 3. The van der Waals surface area contributed by atoms with E-state index in [-0.39, 0.29) is 18.4 Å². The molecule has 0 atom stereocenters. The van der Waals surface area contributed by atoms with Crippen LogP contribution in [0.5, 0.6) is 0 Å². The molecule has 32 heavy (non-hydrogen) atoms. The molecule has 0 aromatic heterocycles. The molecule has 1 saturated heterocycles. The van der Waals surface area contributed by atoms with Crippen molar-refractivity contribution in [1.82, 2.24) is 10.2 Å². The number of fused-ring (bicyclic) bond motifs is 1. The van der Waals surface area contributed by atoms with Crippen LogP contribution in [0.2, 0.25) is 0 Å². The summed E-state index contributed by atoms with van der Waals surface area (Å²) >= 11 is 0. The lowest BCUT2D eigenvalue weighted by molar-refractivity contribution is -0.137. The zero-order valence-corrected chi connectivity index (χ0v) is 19.4. The van der Waals surface area contributed by atoms with Crippen LogP contribution in [0.1, 0.15) is 65.6 Å². The molecule has 0 saturated carbocycles. The zero-order chi connectivity index (χ0) is 22.8. The summed E-state index contributed by atoms with van der Waals surface area (Å²) in [6.07, 6.45) is 14.7. The Morgan fingerprint density at radius 2 is 1.81 bits per heavy atom. The topological polar surface area (TPSA) is 71.0 Å². The van der Waals surface area contributed by atoms with Gasteiger partial charge in [-0.3, -0.25) is 9.59 Å². The average Bonchev–Trinajstić information content (AvgIpc) is 2.77. The number of amides is 2. The maximum Gasteiger partial charge on any atom is 0.263 e. The third-order valence-corrected chi connectivity index (χ3v) is 5.81. The van der Waals surface area contributed by atoms with Gasteiger partial charge < -0.3 is 15.1 Å². The van der Waals surface area contributed by atoms with Crippen molar-refractivity contribution in [3.63, 3.8) is 0 Å². The molecule has 2 amide bonds. The summed E-state index contributed by atoms with van der Waals surface area (Å²) in [6, 6.07) is 4.07. The molecular weight excluding hydrogens is 402 g/mol. The van der Waals surface area contributed by atoms with E-state index in [0.717, 1.165) is 61.9 Å². The number of nitrogens with one attached hydrogen (secondary N) is 1. The van der Waals surface area contributed by atoms with Gasteiger partial charge in [-0.05, 0) is 69.6 Å². The molecule has 2 heterocycles. The molecule has 6 heteroatoms. The maximum atomic E-state index is 12.9. The van der Waals surface area contributed by atoms with Crippen LogP contribution in [0.25, 0.3) is 0 Å². The molecule has 1 aromatic carbocycles. The van der Waals surface area contributed by atoms with Crippen LogP contribution in [-0.4, -0.2) is 48.7 Å². The lowest BCUT2D eigenvalue weighted by Crippen LogP contribution is -2.37. The molecule has 6 nitrogen and oxygen atoms in total. The second-order valence-corrected chi connectivity index (χ2v) is 8.59. The number of aryl methyl sites for hydroxylation is 2. The number of hydrogen-bond acceptors (Lipinski definition) is 4. The first-order valence-electron chi connectivity index (χ1n) is 11.7. The Morgan fingerprint density at radius 1 is 1.06 bits per heavy atom. The summed E-state index contributed by atoms with van der Waals surface area (Å²) in [7, 11) is 0. The van der Waals surface area contributed by atoms with E-state index in [1.165, 1.54) is 6.42 Å². The molecular formula is C26H35N3O3. The Balaban J connectivity index is 1.80. The highest BCUT2D eigenvalue weighted by atomic mass is 16.6. The minimum absolute atomic E-state index is 0.0180. The van der Waals surface area contributed by atoms with E-state index in [4.69, 9.17) is 4.84 Å². The summed E-state index contributed by atoms with van der Waals surface area (Å²) in [5.74, 6) is -0.0805. The maximum absolute atomic E-state index is 12.9. The fourth-order valence-electron chi connectivity index (χ4n) is 4.25. The van der Waals surface area contributed by atoms with E-state index >= 15 is 0 Å². The van der Waals surface area contributed by atoms with Crippen molar-refractivity contribution in [1.29, 1.82) is 0 Å². The van der Waals surface area contributed by atoms with Gasteiger partial charge in [0.1, 0.15) is 0 Å².